The Bertz CT molecular complexity index is 1300. The van der Waals surface area contributed by atoms with Gasteiger partial charge in [-0.15, -0.1) is 0 Å². The molecule has 0 amide bonds. The largest absolute Gasteiger partial charge is 0.298 e. The fraction of sp³-hybridized carbons (Fsp3) is 0.424. The molecule has 0 aliphatic heterocycles. The highest BCUT2D eigenvalue weighted by Crippen LogP contribution is 2.69. The van der Waals surface area contributed by atoms with Crippen molar-refractivity contribution in [2.24, 2.45) is 17.3 Å². The molecule has 0 radical (unpaired) electrons. The summed E-state index contributed by atoms with van der Waals surface area (Å²) in [5.74, 6) is 1.68. The standard InChI is InChI=1S/C33H34O3/c1-32(25-10-5-22(20-35)6-11-25)16-15-30-28-13-9-24-17-26(36)12-14-27(24)31(28)29(18-33(30,32)2)23-7-3-21(19-34)4-8-23/h3-8,10-11,17,19-20,28-30H,9,12-16,18H2,1-2H3/t28?,29-,30?,32+,33+/m1/s1. The second-order valence-electron chi connectivity index (χ2n) is 11.9. The third-order valence-corrected chi connectivity index (χ3v) is 10.5. The Morgan fingerprint density at radius 2 is 1.50 bits per heavy atom. The molecule has 6 rings (SSSR count). The van der Waals surface area contributed by atoms with E-state index in [1.54, 1.807) is 5.57 Å². The van der Waals surface area contributed by atoms with Gasteiger partial charge in [0.2, 0.25) is 0 Å². The molecule has 3 heteroatoms. The van der Waals surface area contributed by atoms with E-state index < -0.39 is 0 Å². The van der Waals surface area contributed by atoms with E-state index in [0.717, 1.165) is 50.2 Å². The van der Waals surface area contributed by atoms with Crippen LogP contribution in [0, 0.1) is 17.3 Å². The first-order valence-corrected chi connectivity index (χ1v) is 13.5. The van der Waals surface area contributed by atoms with E-state index >= 15 is 0 Å². The van der Waals surface area contributed by atoms with Crippen LogP contribution in [0.2, 0.25) is 0 Å². The zero-order valence-corrected chi connectivity index (χ0v) is 21.3. The van der Waals surface area contributed by atoms with Crippen LogP contribution in [-0.2, 0) is 10.2 Å². The Hall–Kier alpha value is -3.07. The summed E-state index contributed by atoms with van der Waals surface area (Å²) in [6, 6.07) is 16.5. The molecule has 0 spiro atoms. The van der Waals surface area contributed by atoms with Crippen molar-refractivity contribution >= 4 is 18.4 Å². The van der Waals surface area contributed by atoms with Gasteiger partial charge in [-0.25, -0.2) is 0 Å². The van der Waals surface area contributed by atoms with Crippen molar-refractivity contribution in [1.82, 2.24) is 0 Å². The normalized spacial score (nSPS) is 33.3. The molecule has 0 heterocycles. The van der Waals surface area contributed by atoms with E-state index in [1.165, 1.54) is 28.7 Å². The number of hydrogen-bond donors (Lipinski definition) is 0. The molecule has 3 nitrogen and oxygen atoms in total. The van der Waals surface area contributed by atoms with E-state index in [-0.39, 0.29) is 22.5 Å². The number of allylic oxidation sites excluding steroid dienone is 4. The second-order valence-corrected chi connectivity index (χ2v) is 11.9. The Balaban J connectivity index is 1.50. The van der Waals surface area contributed by atoms with Crippen molar-refractivity contribution in [2.75, 3.05) is 0 Å². The van der Waals surface area contributed by atoms with Gasteiger partial charge in [0, 0.05) is 23.5 Å². The highest BCUT2D eigenvalue weighted by Gasteiger charge is 2.61. The zero-order chi connectivity index (χ0) is 25.1. The van der Waals surface area contributed by atoms with Crippen LogP contribution in [0.15, 0.2) is 71.3 Å². The molecule has 36 heavy (non-hydrogen) atoms. The van der Waals surface area contributed by atoms with Crippen LogP contribution < -0.4 is 0 Å². The van der Waals surface area contributed by atoms with Gasteiger partial charge in [0.05, 0.1) is 0 Å². The summed E-state index contributed by atoms with van der Waals surface area (Å²) in [7, 11) is 0. The molecular formula is C33H34O3. The summed E-state index contributed by atoms with van der Waals surface area (Å²) in [6.07, 6.45) is 10.8. The molecule has 184 valence electrons. The van der Waals surface area contributed by atoms with E-state index in [1.807, 2.05) is 30.3 Å². The predicted molar refractivity (Wildman–Crippen MR) is 141 cm³/mol. The molecule has 2 aromatic carbocycles. The van der Waals surface area contributed by atoms with Crippen molar-refractivity contribution in [3.8, 4) is 0 Å². The number of aldehydes is 2. The van der Waals surface area contributed by atoms with Crippen molar-refractivity contribution in [2.45, 2.75) is 70.1 Å². The fourth-order valence-electron chi connectivity index (χ4n) is 8.41. The molecule has 2 aromatic rings. The highest BCUT2D eigenvalue weighted by molar-refractivity contribution is 5.93. The maximum atomic E-state index is 12.3. The lowest BCUT2D eigenvalue weighted by molar-refractivity contribution is -0.114. The maximum Gasteiger partial charge on any atom is 0.156 e. The smallest absolute Gasteiger partial charge is 0.156 e. The monoisotopic (exact) mass is 478 g/mol. The van der Waals surface area contributed by atoms with E-state index in [9.17, 15) is 14.4 Å². The number of carbonyl (C=O) groups excluding carboxylic acids is 3. The molecular weight excluding hydrogens is 444 g/mol. The summed E-state index contributed by atoms with van der Waals surface area (Å²) in [6.45, 7) is 4.96. The first-order valence-electron chi connectivity index (χ1n) is 13.5. The number of hydrogen-bond acceptors (Lipinski definition) is 3. The molecule has 0 aromatic heterocycles. The van der Waals surface area contributed by atoms with Gasteiger partial charge in [0.1, 0.15) is 12.6 Å². The average Bonchev–Trinajstić information content (AvgIpc) is 3.19. The number of carbonyl (C=O) groups is 3. The summed E-state index contributed by atoms with van der Waals surface area (Å²) in [4.78, 5) is 34.9. The quantitative estimate of drug-likeness (QED) is 0.438. The Kier molecular flexibility index (Phi) is 5.51. The molecule has 0 saturated heterocycles. The van der Waals surface area contributed by atoms with Gasteiger partial charge >= 0.3 is 0 Å². The third-order valence-electron chi connectivity index (χ3n) is 10.5. The molecule has 4 aliphatic carbocycles. The number of ketones is 1. The van der Waals surface area contributed by atoms with Crippen molar-refractivity contribution in [3.05, 3.63) is 93.6 Å². The fourth-order valence-corrected chi connectivity index (χ4v) is 8.41. The van der Waals surface area contributed by atoms with E-state index in [2.05, 4.69) is 38.1 Å². The van der Waals surface area contributed by atoms with Crippen LogP contribution in [0.1, 0.15) is 96.6 Å². The highest BCUT2D eigenvalue weighted by atomic mass is 16.1. The van der Waals surface area contributed by atoms with Crippen molar-refractivity contribution < 1.29 is 14.4 Å². The van der Waals surface area contributed by atoms with Crippen molar-refractivity contribution in [1.29, 1.82) is 0 Å². The van der Waals surface area contributed by atoms with Crippen LogP contribution in [0.5, 0.6) is 0 Å². The van der Waals surface area contributed by atoms with E-state index in [0.29, 0.717) is 23.8 Å². The lowest BCUT2D eigenvalue weighted by atomic mass is 9.48. The molecule has 2 unspecified atom stereocenters. The minimum atomic E-state index is 0.0227. The van der Waals surface area contributed by atoms with Gasteiger partial charge in [0.25, 0.3) is 0 Å². The van der Waals surface area contributed by atoms with Gasteiger partial charge in [-0.05, 0) is 89.5 Å². The minimum Gasteiger partial charge on any atom is -0.298 e. The van der Waals surface area contributed by atoms with Gasteiger partial charge in [-0.2, -0.15) is 0 Å². The molecule has 2 fully saturated rings. The first kappa shape index (κ1) is 23.3. The van der Waals surface area contributed by atoms with Crippen LogP contribution in [0.4, 0.5) is 0 Å². The van der Waals surface area contributed by atoms with Gasteiger partial charge in [-0.3, -0.25) is 14.4 Å². The SMILES string of the molecule is C[C@@]1(c2ccc(C=O)cc2)CCC2C3CCC4=CC(=O)CCC4=C3[C@@H](c3ccc(C=O)cc3)C[C@@]21C. The Labute approximate surface area is 213 Å². The molecule has 0 bridgehead atoms. The summed E-state index contributed by atoms with van der Waals surface area (Å²) in [5.41, 5.74) is 8.51. The number of rotatable bonds is 4. The van der Waals surface area contributed by atoms with Gasteiger partial charge < -0.3 is 0 Å². The maximum absolute atomic E-state index is 12.3. The number of benzene rings is 2. The predicted octanol–water partition coefficient (Wildman–Crippen LogP) is 7.17. The van der Waals surface area contributed by atoms with Crippen LogP contribution in [0.25, 0.3) is 0 Å². The van der Waals surface area contributed by atoms with Crippen LogP contribution in [0.3, 0.4) is 0 Å². The minimum absolute atomic E-state index is 0.0227. The molecule has 2 saturated carbocycles. The summed E-state index contributed by atoms with van der Waals surface area (Å²) < 4.78 is 0. The van der Waals surface area contributed by atoms with Crippen molar-refractivity contribution in [3.63, 3.8) is 0 Å². The second kappa shape index (κ2) is 8.50. The Morgan fingerprint density at radius 3 is 2.17 bits per heavy atom. The molecule has 5 atom stereocenters. The molecule has 4 aliphatic rings. The lowest BCUT2D eigenvalue weighted by Gasteiger charge is -2.56. The summed E-state index contributed by atoms with van der Waals surface area (Å²) >= 11 is 0. The third kappa shape index (κ3) is 3.35. The topological polar surface area (TPSA) is 51.2 Å². The molecule has 0 N–H and O–H groups in total. The summed E-state index contributed by atoms with van der Waals surface area (Å²) in [5, 5.41) is 0. The van der Waals surface area contributed by atoms with Crippen LogP contribution >= 0.6 is 0 Å². The zero-order valence-electron chi connectivity index (χ0n) is 21.3. The lowest BCUT2D eigenvalue weighted by Crippen LogP contribution is -2.48. The number of fused-ring (bicyclic) bond motifs is 4. The van der Waals surface area contributed by atoms with Gasteiger partial charge in [0.15, 0.2) is 5.78 Å². The first-order chi connectivity index (χ1) is 17.4. The van der Waals surface area contributed by atoms with E-state index in [4.69, 9.17) is 0 Å². The van der Waals surface area contributed by atoms with Crippen LogP contribution in [-0.4, -0.2) is 18.4 Å². The Morgan fingerprint density at radius 1 is 0.833 bits per heavy atom. The average molecular weight is 479 g/mol. The van der Waals surface area contributed by atoms with Gasteiger partial charge in [-0.1, -0.05) is 68.0 Å².